The van der Waals surface area contributed by atoms with Gasteiger partial charge in [0.05, 0.1) is 11.7 Å². The predicted octanol–water partition coefficient (Wildman–Crippen LogP) is 3.23. The predicted molar refractivity (Wildman–Crippen MR) is 66.4 cm³/mol. The molecule has 1 heterocycles. The molecule has 1 atom stereocenters. The average Bonchev–Trinajstić information content (AvgIpc) is 2.31. The molecule has 17 heavy (non-hydrogen) atoms. The quantitative estimate of drug-likeness (QED) is 0.889. The second kappa shape index (κ2) is 4.82. The van der Waals surface area contributed by atoms with Gasteiger partial charge in [0, 0.05) is 11.2 Å². The Morgan fingerprint density at radius 2 is 2.06 bits per heavy atom. The number of aryl methyl sites for hydroxylation is 1. The molecule has 2 rings (SSSR count). The maximum atomic E-state index is 13.2. The summed E-state index contributed by atoms with van der Waals surface area (Å²) in [4.78, 5) is 4.18. The number of nitrogens with two attached hydrogens (primary N) is 1. The lowest BCUT2D eigenvalue weighted by atomic mass is 10.0. The van der Waals surface area contributed by atoms with Gasteiger partial charge in [-0.15, -0.1) is 0 Å². The van der Waals surface area contributed by atoms with Crippen molar-refractivity contribution >= 4 is 11.6 Å². The normalized spacial score (nSPS) is 12.5. The fraction of sp³-hybridized carbons (Fsp3) is 0.154. The molecule has 0 fully saturated rings. The minimum Gasteiger partial charge on any atom is -0.319 e. The standard InChI is InChI=1S/C13H12ClFN2/c1-8-4-5-17-12(6-8)13(16)10-7-9(15)2-3-11(10)14/h2-7,13H,16H2,1H3. The number of halogens is 2. The average molecular weight is 251 g/mol. The van der Waals surface area contributed by atoms with Crippen molar-refractivity contribution < 1.29 is 4.39 Å². The van der Waals surface area contributed by atoms with E-state index >= 15 is 0 Å². The first-order chi connectivity index (χ1) is 8.08. The summed E-state index contributed by atoms with van der Waals surface area (Å²) in [6, 6.07) is 7.38. The van der Waals surface area contributed by atoms with Crippen LogP contribution >= 0.6 is 11.6 Å². The maximum Gasteiger partial charge on any atom is 0.123 e. The van der Waals surface area contributed by atoms with E-state index in [2.05, 4.69) is 4.98 Å². The van der Waals surface area contributed by atoms with E-state index in [-0.39, 0.29) is 5.82 Å². The molecule has 0 saturated heterocycles. The molecule has 2 nitrogen and oxygen atoms in total. The van der Waals surface area contributed by atoms with Crippen LogP contribution in [-0.4, -0.2) is 4.98 Å². The van der Waals surface area contributed by atoms with Crippen molar-refractivity contribution in [3.8, 4) is 0 Å². The summed E-state index contributed by atoms with van der Waals surface area (Å²) in [7, 11) is 0. The fourth-order valence-electron chi connectivity index (χ4n) is 1.64. The summed E-state index contributed by atoms with van der Waals surface area (Å²) in [5, 5.41) is 0.446. The fourth-order valence-corrected chi connectivity index (χ4v) is 1.88. The molecule has 4 heteroatoms. The van der Waals surface area contributed by atoms with Crippen LogP contribution in [0.1, 0.15) is 22.9 Å². The molecule has 1 unspecified atom stereocenters. The summed E-state index contributed by atoms with van der Waals surface area (Å²) in [6.07, 6.45) is 1.68. The maximum absolute atomic E-state index is 13.2. The van der Waals surface area contributed by atoms with Crippen molar-refractivity contribution in [2.45, 2.75) is 13.0 Å². The largest absolute Gasteiger partial charge is 0.319 e. The van der Waals surface area contributed by atoms with E-state index < -0.39 is 6.04 Å². The zero-order valence-corrected chi connectivity index (χ0v) is 10.1. The third-order valence-corrected chi connectivity index (χ3v) is 2.89. The molecule has 2 N–H and O–H groups in total. The molecule has 0 spiro atoms. The summed E-state index contributed by atoms with van der Waals surface area (Å²) in [5.74, 6) is -0.354. The van der Waals surface area contributed by atoms with Gasteiger partial charge in [0.15, 0.2) is 0 Å². The highest BCUT2D eigenvalue weighted by Crippen LogP contribution is 2.26. The zero-order chi connectivity index (χ0) is 12.4. The lowest BCUT2D eigenvalue weighted by Crippen LogP contribution is -2.14. The SMILES string of the molecule is Cc1ccnc(C(N)c2cc(F)ccc2Cl)c1. The van der Waals surface area contributed by atoms with Crippen molar-refractivity contribution in [2.75, 3.05) is 0 Å². The van der Waals surface area contributed by atoms with Crippen LogP contribution in [0.15, 0.2) is 36.5 Å². The highest BCUT2D eigenvalue weighted by molar-refractivity contribution is 6.31. The Hall–Kier alpha value is -1.45. The minimum atomic E-state index is -0.516. The molecule has 0 aliphatic carbocycles. The van der Waals surface area contributed by atoms with Crippen molar-refractivity contribution in [2.24, 2.45) is 5.73 Å². The van der Waals surface area contributed by atoms with E-state index in [0.29, 0.717) is 16.3 Å². The van der Waals surface area contributed by atoms with E-state index in [9.17, 15) is 4.39 Å². The first-order valence-corrected chi connectivity index (χ1v) is 5.59. The number of pyridine rings is 1. The highest BCUT2D eigenvalue weighted by atomic mass is 35.5. The molecule has 2 aromatic rings. The van der Waals surface area contributed by atoms with Gasteiger partial charge in [-0.05, 0) is 48.4 Å². The van der Waals surface area contributed by atoms with Gasteiger partial charge in [0.25, 0.3) is 0 Å². The summed E-state index contributed by atoms with van der Waals surface area (Å²) < 4.78 is 13.2. The third kappa shape index (κ3) is 2.62. The van der Waals surface area contributed by atoms with Crippen molar-refractivity contribution in [3.05, 3.63) is 64.2 Å². The smallest absolute Gasteiger partial charge is 0.123 e. The minimum absolute atomic E-state index is 0.354. The Bertz CT molecular complexity index is 543. The first-order valence-electron chi connectivity index (χ1n) is 5.21. The van der Waals surface area contributed by atoms with Crippen LogP contribution in [0.5, 0.6) is 0 Å². The molecule has 0 saturated carbocycles. The van der Waals surface area contributed by atoms with Crippen LogP contribution in [0.2, 0.25) is 5.02 Å². The molecule has 0 radical (unpaired) electrons. The topological polar surface area (TPSA) is 38.9 Å². The molecule has 88 valence electrons. The van der Waals surface area contributed by atoms with Gasteiger partial charge in [-0.1, -0.05) is 11.6 Å². The van der Waals surface area contributed by atoms with Crippen LogP contribution in [0, 0.1) is 12.7 Å². The molecule has 0 amide bonds. The van der Waals surface area contributed by atoms with Crippen molar-refractivity contribution in [1.82, 2.24) is 4.98 Å². The Balaban J connectivity index is 2.43. The van der Waals surface area contributed by atoms with Gasteiger partial charge in [-0.2, -0.15) is 0 Å². The molecule has 0 aliphatic heterocycles. The van der Waals surface area contributed by atoms with E-state index in [1.807, 2.05) is 19.1 Å². The Morgan fingerprint density at radius 1 is 1.29 bits per heavy atom. The molecular weight excluding hydrogens is 239 g/mol. The number of rotatable bonds is 2. The van der Waals surface area contributed by atoms with Crippen LogP contribution in [-0.2, 0) is 0 Å². The second-order valence-electron chi connectivity index (χ2n) is 3.90. The number of aromatic nitrogens is 1. The van der Waals surface area contributed by atoms with E-state index in [4.69, 9.17) is 17.3 Å². The van der Waals surface area contributed by atoms with Crippen LogP contribution in [0.4, 0.5) is 4.39 Å². The van der Waals surface area contributed by atoms with Crippen molar-refractivity contribution in [1.29, 1.82) is 0 Å². The van der Waals surface area contributed by atoms with Crippen molar-refractivity contribution in [3.63, 3.8) is 0 Å². The van der Waals surface area contributed by atoms with E-state index in [1.54, 1.807) is 6.20 Å². The monoisotopic (exact) mass is 250 g/mol. The second-order valence-corrected chi connectivity index (χ2v) is 4.31. The van der Waals surface area contributed by atoms with Crippen LogP contribution < -0.4 is 5.73 Å². The van der Waals surface area contributed by atoms with Gasteiger partial charge in [-0.25, -0.2) is 4.39 Å². The van der Waals surface area contributed by atoms with Gasteiger partial charge >= 0.3 is 0 Å². The molecule has 1 aromatic carbocycles. The molecular formula is C13H12ClFN2. The van der Waals surface area contributed by atoms with E-state index in [1.165, 1.54) is 18.2 Å². The molecule has 0 aliphatic rings. The highest BCUT2D eigenvalue weighted by Gasteiger charge is 2.14. The molecule has 1 aromatic heterocycles. The zero-order valence-electron chi connectivity index (χ0n) is 9.32. The molecule has 0 bridgehead atoms. The number of hydrogen-bond donors (Lipinski definition) is 1. The van der Waals surface area contributed by atoms with Gasteiger partial charge in [-0.3, -0.25) is 4.98 Å². The van der Waals surface area contributed by atoms with Crippen LogP contribution in [0.3, 0.4) is 0 Å². The number of hydrogen-bond acceptors (Lipinski definition) is 2. The Morgan fingerprint density at radius 3 is 2.76 bits per heavy atom. The third-order valence-electron chi connectivity index (χ3n) is 2.55. The van der Waals surface area contributed by atoms with Crippen LogP contribution in [0.25, 0.3) is 0 Å². The lowest BCUT2D eigenvalue weighted by Gasteiger charge is -2.13. The lowest BCUT2D eigenvalue weighted by molar-refractivity contribution is 0.623. The first kappa shape index (κ1) is 12.0. The van der Waals surface area contributed by atoms with Gasteiger partial charge in [0.2, 0.25) is 0 Å². The van der Waals surface area contributed by atoms with E-state index in [0.717, 1.165) is 5.56 Å². The Kier molecular flexibility index (Phi) is 3.41. The number of nitrogens with zero attached hydrogens (tertiary/aromatic N) is 1. The summed E-state index contributed by atoms with van der Waals surface area (Å²) in [5.41, 5.74) is 8.32. The van der Waals surface area contributed by atoms with Gasteiger partial charge in [0.1, 0.15) is 5.82 Å². The number of benzene rings is 1. The summed E-state index contributed by atoms with van der Waals surface area (Å²) in [6.45, 7) is 1.95. The Labute approximate surface area is 104 Å². The summed E-state index contributed by atoms with van der Waals surface area (Å²) >= 11 is 6.01. The van der Waals surface area contributed by atoms with Gasteiger partial charge < -0.3 is 5.73 Å².